The number of carbonyl (C=O) groups excluding carboxylic acids is 3. The number of aromatic hydroxyl groups is 1. The fourth-order valence-electron chi connectivity index (χ4n) is 3.31. The van der Waals surface area contributed by atoms with Gasteiger partial charge in [-0.2, -0.15) is 0 Å². The number of carbonyl (C=O) groups is 3. The highest BCUT2D eigenvalue weighted by molar-refractivity contribution is 6.05. The molecule has 0 unspecified atom stereocenters. The number of benzene rings is 3. The molecular weight excluding hydrogens is 456 g/mol. The lowest BCUT2D eigenvalue weighted by molar-refractivity contribution is -0.116. The van der Waals surface area contributed by atoms with Crippen molar-refractivity contribution in [2.45, 2.75) is 26.8 Å². The van der Waals surface area contributed by atoms with Gasteiger partial charge < -0.3 is 21.1 Å². The van der Waals surface area contributed by atoms with Crippen molar-refractivity contribution in [2.75, 3.05) is 10.6 Å². The first-order chi connectivity index (χ1) is 16.6. The molecule has 0 saturated carbocycles. The maximum absolute atomic E-state index is 13.3. The number of amides is 3. The summed E-state index contributed by atoms with van der Waals surface area (Å²) in [6.45, 7) is 4.05. The standard InChI is InChI=1S/C26H25F2N3O4/c1-15(2)8-24(33)30-20-5-3-4-16(9-20)14-29-26(35)22-7-6-21(13-23(22)32)31-25(34)17-10-18(27)12-19(28)11-17/h3-7,9-13,15,32H,8,14H2,1-2H3,(H,29,35)(H,30,33)(H,31,34). The smallest absolute Gasteiger partial charge is 0.255 e. The van der Waals surface area contributed by atoms with Crippen LogP contribution in [0.25, 0.3) is 0 Å². The zero-order valence-electron chi connectivity index (χ0n) is 19.2. The van der Waals surface area contributed by atoms with Crippen LogP contribution in [0.4, 0.5) is 20.2 Å². The Bertz CT molecular complexity index is 1240. The number of rotatable bonds is 8. The number of phenolic OH excluding ortho intramolecular Hbond substituents is 1. The second-order valence-corrected chi connectivity index (χ2v) is 8.37. The summed E-state index contributed by atoms with van der Waals surface area (Å²) < 4.78 is 26.7. The third kappa shape index (κ3) is 7.36. The highest BCUT2D eigenvalue weighted by Crippen LogP contribution is 2.23. The van der Waals surface area contributed by atoms with Crippen molar-refractivity contribution in [1.29, 1.82) is 0 Å². The van der Waals surface area contributed by atoms with Gasteiger partial charge in [-0.25, -0.2) is 8.78 Å². The molecule has 7 nitrogen and oxygen atoms in total. The van der Waals surface area contributed by atoms with E-state index in [0.29, 0.717) is 18.2 Å². The first-order valence-corrected chi connectivity index (χ1v) is 10.9. The van der Waals surface area contributed by atoms with Gasteiger partial charge in [-0.1, -0.05) is 26.0 Å². The molecule has 0 aliphatic rings. The zero-order valence-corrected chi connectivity index (χ0v) is 19.2. The van der Waals surface area contributed by atoms with Crippen molar-refractivity contribution >= 4 is 29.1 Å². The van der Waals surface area contributed by atoms with Crippen molar-refractivity contribution in [3.8, 4) is 5.75 Å². The van der Waals surface area contributed by atoms with Crippen LogP contribution in [-0.2, 0) is 11.3 Å². The molecule has 0 aliphatic heterocycles. The minimum atomic E-state index is -0.895. The van der Waals surface area contributed by atoms with Crippen LogP contribution in [0.2, 0.25) is 0 Å². The number of hydrogen-bond acceptors (Lipinski definition) is 4. The highest BCUT2D eigenvalue weighted by atomic mass is 19.1. The quantitative estimate of drug-likeness (QED) is 0.369. The maximum atomic E-state index is 13.3. The van der Waals surface area contributed by atoms with Gasteiger partial charge in [-0.3, -0.25) is 14.4 Å². The fraction of sp³-hybridized carbons (Fsp3) is 0.192. The number of phenols is 1. The van der Waals surface area contributed by atoms with E-state index < -0.39 is 23.4 Å². The molecule has 0 radical (unpaired) electrons. The van der Waals surface area contributed by atoms with Gasteiger partial charge in [-0.05, 0) is 47.9 Å². The molecule has 9 heteroatoms. The highest BCUT2D eigenvalue weighted by Gasteiger charge is 2.14. The summed E-state index contributed by atoms with van der Waals surface area (Å²) in [5.74, 6) is -3.38. The lowest BCUT2D eigenvalue weighted by Gasteiger charge is -2.11. The van der Waals surface area contributed by atoms with Gasteiger partial charge in [0.2, 0.25) is 5.91 Å². The van der Waals surface area contributed by atoms with E-state index in [0.717, 1.165) is 23.8 Å². The van der Waals surface area contributed by atoms with Gasteiger partial charge in [0.15, 0.2) is 0 Å². The Kier molecular flexibility index (Phi) is 8.14. The predicted molar refractivity (Wildman–Crippen MR) is 128 cm³/mol. The molecule has 0 fully saturated rings. The van der Waals surface area contributed by atoms with Crippen LogP contribution in [0, 0.1) is 17.6 Å². The number of halogens is 2. The average molecular weight is 481 g/mol. The van der Waals surface area contributed by atoms with E-state index in [2.05, 4.69) is 16.0 Å². The van der Waals surface area contributed by atoms with Crippen molar-refractivity contribution in [2.24, 2.45) is 5.92 Å². The van der Waals surface area contributed by atoms with Gasteiger partial charge in [-0.15, -0.1) is 0 Å². The molecule has 0 aliphatic carbocycles. The van der Waals surface area contributed by atoms with E-state index in [1.54, 1.807) is 24.3 Å². The van der Waals surface area contributed by atoms with Crippen LogP contribution in [-0.4, -0.2) is 22.8 Å². The van der Waals surface area contributed by atoms with E-state index in [1.807, 2.05) is 13.8 Å². The molecule has 0 aromatic heterocycles. The summed E-state index contributed by atoms with van der Waals surface area (Å²) in [4.78, 5) is 36.7. The zero-order chi connectivity index (χ0) is 25.5. The first-order valence-electron chi connectivity index (χ1n) is 10.9. The molecule has 0 atom stereocenters. The van der Waals surface area contributed by atoms with Gasteiger partial charge in [0.1, 0.15) is 17.4 Å². The molecule has 4 N–H and O–H groups in total. The second-order valence-electron chi connectivity index (χ2n) is 8.37. The molecule has 0 spiro atoms. The summed E-state index contributed by atoms with van der Waals surface area (Å²) in [5.41, 5.74) is 1.24. The number of nitrogens with one attached hydrogen (secondary N) is 3. The molecule has 0 saturated heterocycles. The van der Waals surface area contributed by atoms with Crippen LogP contribution in [0.5, 0.6) is 5.75 Å². The lowest BCUT2D eigenvalue weighted by atomic mass is 10.1. The lowest BCUT2D eigenvalue weighted by Crippen LogP contribution is -2.23. The molecular formula is C26H25F2N3O4. The van der Waals surface area contributed by atoms with Gasteiger partial charge >= 0.3 is 0 Å². The van der Waals surface area contributed by atoms with E-state index in [9.17, 15) is 28.3 Å². The summed E-state index contributed by atoms with van der Waals surface area (Å²) in [6.07, 6.45) is 0.399. The second kappa shape index (κ2) is 11.2. The SMILES string of the molecule is CC(C)CC(=O)Nc1cccc(CNC(=O)c2ccc(NC(=O)c3cc(F)cc(F)c3)cc2O)c1. The Hall–Kier alpha value is -4.27. The van der Waals surface area contributed by atoms with E-state index >= 15 is 0 Å². The van der Waals surface area contributed by atoms with E-state index in [1.165, 1.54) is 12.1 Å². The summed E-state index contributed by atoms with van der Waals surface area (Å²) in [7, 11) is 0. The van der Waals surface area contributed by atoms with Crippen molar-refractivity contribution in [3.05, 3.63) is 89.0 Å². The van der Waals surface area contributed by atoms with Crippen LogP contribution in [0.15, 0.2) is 60.7 Å². The largest absolute Gasteiger partial charge is 0.507 e. The molecule has 3 rings (SSSR count). The summed E-state index contributed by atoms with van der Waals surface area (Å²) in [5, 5.41) is 18.2. The van der Waals surface area contributed by atoms with Gasteiger partial charge in [0, 0.05) is 42.0 Å². The Morgan fingerprint density at radius 3 is 2.20 bits per heavy atom. The average Bonchev–Trinajstić information content (AvgIpc) is 2.76. The third-order valence-electron chi connectivity index (χ3n) is 4.88. The number of hydrogen-bond donors (Lipinski definition) is 4. The Labute approximate surface area is 201 Å². The van der Waals surface area contributed by atoms with Crippen LogP contribution in [0.3, 0.4) is 0 Å². The maximum Gasteiger partial charge on any atom is 0.255 e. The minimum absolute atomic E-state index is 0.0267. The Morgan fingerprint density at radius 1 is 0.857 bits per heavy atom. The van der Waals surface area contributed by atoms with E-state index in [4.69, 9.17) is 0 Å². The number of anilines is 2. The molecule has 0 heterocycles. The van der Waals surface area contributed by atoms with Crippen LogP contribution < -0.4 is 16.0 Å². The Morgan fingerprint density at radius 2 is 1.54 bits per heavy atom. The topological polar surface area (TPSA) is 108 Å². The molecule has 0 bridgehead atoms. The molecule has 3 amide bonds. The minimum Gasteiger partial charge on any atom is -0.507 e. The van der Waals surface area contributed by atoms with Crippen molar-refractivity contribution < 1.29 is 28.3 Å². The van der Waals surface area contributed by atoms with Gasteiger partial charge in [0.25, 0.3) is 11.8 Å². The first kappa shape index (κ1) is 25.4. The molecule has 182 valence electrons. The van der Waals surface area contributed by atoms with Crippen molar-refractivity contribution in [1.82, 2.24) is 5.32 Å². The van der Waals surface area contributed by atoms with Gasteiger partial charge in [0.05, 0.1) is 5.56 Å². The molecule has 3 aromatic carbocycles. The molecule has 3 aromatic rings. The predicted octanol–water partition coefficient (Wildman–Crippen LogP) is 4.84. The summed E-state index contributed by atoms with van der Waals surface area (Å²) >= 11 is 0. The normalized spacial score (nSPS) is 10.7. The summed E-state index contributed by atoms with van der Waals surface area (Å²) in [6, 6.07) is 13.3. The van der Waals surface area contributed by atoms with Crippen LogP contribution >= 0.6 is 0 Å². The fourth-order valence-corrected chi connectivity index (χ4v) is 3.31. The molecule has 35 heavy (non-hydrogen) atoms. The van der Waals surface area contributed by atoms with E-state index in [-0.39, 0.29) is 40.9 Å². The Balaban J connectivity index is 1.61. The van der Waals surface area contributed by atoms with Crippen LogP contribution in [0.1, 0.15) is 46.5 Å². The third-order valence-corrected chi connectivity index (χ3v) is 4.88. The van der Waals surface area contributed by atoms with Crippen molar-refractivity contribution in [3.63, 3.8) is 0 Å². The monoisotopic (exact) mass is 481 g/mol.